The molecule has 2 heterocycles. The number of nitrogens with zero attached hydrogens (tertiary/aromatic N) is 4. The second-order valence-corrected chi connectivity index (χ2v) is 7.42. The lowest BCUT2D eigenvalue weighted by Gasteiger charge is -2.35. The van der Waals surface area contributed by atoms with Crippen molar-refractivity contribution in [1.82, 2.24) is 14.9 Å². The highest BCUT2D eigenvalue weighted by atomic mass is 19.4. The Labute approximate surface area is 182 Å². The zero-order valence-electron chi connectivity index (χ0n) is 17.1. The number of hydrogen-bond donors (Lipinski definition) is 0. The van der Waals surface area contributed by atoms with Crippen LogP contribution in [0.2, 0.25) is 0 Å². The molecule has 3 aromatic rings. The minimum atomic E-state index is -4.66. The predicted octanol–water partition coefficient (Wildman–Crippen LogP) is 4.62. The lowest BCUT2D eigenvalue weighted by atomic mass is 9.93. The summed E-state index contributed by atoms with van der Waals surface area (Å²) in [7, 11) is 0. The first-order chi connectivity index (χ1) is 15.3. The van der Waals surface area contributed by atoms with Gasteiger partial charge >= 0.3 is 6.18 Å². The Morgan fingerprint density at radius 2 is 1.78 bits per heavy atom. The number of fused-ring (bicyclic) bond motifs is 1. The molecule has 0 aliphatic carbocycles. The summed E-state index contributed by atoms with van der Waals surface area (Å²) in [4.78, 5) is 23.7. The van der Waals surface area contributed by atoms with E-state index < -0.39 is 18.4 Å². The number of anilines is 1. The predicted molar refractivity (Wildman–Crippen MR) is 114 cm³/mol. The van der Waals surface area contributed by atoms with Crippen LogP contribution >= 0.6 is 0 Å². The Bertz CT molecular complexity index is 1170. The Morgan fingerprint density at radius 1 is 1.06 bits per heavy atom. The van der Waals surface area contributed by atoms with Gasteiger partial charge in [0.1, 0.15) is 18.8 Å². The van der Waals surface area contributed by atoms with Crippen molar-refractivity contribution >= 4 is 22.6 Å². The molecular formula is C23H20F4N4O. The molecule has 4 rings (SSSR count). The van der Waals surface area contributed by atoms with Crippen LogP contribution in [-0.4, -0.2) is 47.0 Å². The quantitative estimate of drug-likeness (QED) is 0.435. The average Bonchev–Trinajstić information content (AvgIpc) is 2.81. The largest absolute Gasteiger partial charge is 0.417 e. The van der Waals surface area contributed by atoms with Gasteiger partial charge in [-0.3, -0.25) is 4.79 Å². The summed E-state index contributed by atoms with van der Waals surface area (Å²) in [5, 5.41) is 0.254. The van der Waals surface area contributed by atoms with E-state index in [1.54, 1.807) is 17.0 Å². The van der Waals surface area contributed by atoms with Crippen molar-refractivity contribution in [2.45, 2.75) is 12.9 Å². The standard InChI is InChI=1S/C23H20F4N4O/c1-2-21(32)30-7-9-31(10-8-30)22-18-11-19(23(25,26)27)17(12-20(18)28-14-29-22)16-6-4-3-5-15(16)13-24/h2-6,11-12,14H,1,7-10,13H2. The van der Waals surface area contributed by atoms with Gasteiger partial charge in [0.05, 0.1) is 11.1 Å². The normalized spacial score (nSPS) is 14.6. The maximum absolute atomic E-state index is 14.0. The first kappa shape index (κ1) is 21.7. The number of aromatic nitrogens is 2. The van der Waals surface area contributed by atoms with E-state index >= 15 is 0 Å². The summed E-state index contributed by atoms with van der Waals surface area (Å²) in [5.41, 5.74) is -0.307. The maximum atomic E-state index is 14.0. The lowest BCUT2D eigenvalue weighted by Crippen LogP contribution is -2.48. The molecule has 32 heavy (non-hydrogen) atoms. The van der Waals surface area contributed by atoms with E-state index in [4.69, 9.17) is 0 Å². The van der Waals surface area contributed by atoms with Crippen LogP contribution in [0.25, 0.3) is 22.0 Å². The molecule has 1 amide bonds. The number of halogens is 4. The van der Waals surface area contributed by atoms with Gasteiger partial charge in [-0.1, -0.05) is 30.8 Å². The summed E-state index contributed by atoms with van der Waals surface area (Å²) >= 11 is 0. The second kappa shape index (κ2) is 8.57. The van der Waals surface area contributed by atoms with Crippen molar-refractivity contribution in [2.75, 3.05) is 31.1 Å². The minimum absolute atomic E-state index is 0.121. The summed E-state index contributed by atoms with van der Waals surface area (Å²) in [6, 6.07) is 8.49. The minimum Gasteiger partial charge on any atom is -0.352 e. The van der Waals surface area contributed by atoms with Crippen molar-refractivity contribution in [3.8, 4) is 11.1 Å². The molecule has 166 valence electrons. The van der Waals surface area contributed by atoms with E-state index in [-0.39, 0.29) is 28.0 Å². The summed E-state index contributed by atoms with van der Waals surface area (Å²) in [5.74, 6) is 0.184. The molecule has 1 aromatic heterocycles. The Hall–Kier alpha value is -3.49. The molecule has 0 radical (unpaired) electrons. The van der Waals surface area contributed by atoms with Gasteiger partial charge in [-0.2, -0.15) is 13.2 Å². The number of amides is 1. The van der Waals surface area contributed by atoms with Gasteiger partial charge in [0, 0.05) is 31.6 Å². The molecular weight excluding hydrogens is 424 g/mol. The van der Waals surface area contributed by atoms with Gasteiger partial charge in [0.15, 0.2) is 0 Å². The molecule has 1 saturated heterocycles. The van der Waals surface area contributed by atoms with Crippen molar-refractivity contribution < 1.29 is 22.4 Å². The SMILES string of the molecule is C=CC(=O)N1CCN(c2ncnc3cc(-c4ccccc4CF)c(C(F)(F)F)cc23)CC1. The third kappa shape index (κ3) is 4.02. The van der Waals surface area contributed by atoms with E-state index in [0.29, 0.717) is 37.5 Å². The van der Waals surface area contributed by atoms with Crippen LogP contribution in [0, 0.1) is 0 Å². The van der Waals surface area contributed by atoms with Crippen LogP contribution in [-0.2, 0) is 17.6 Å². The third-order valence-corrected chi connectivity index (χ3v) is 5.58. The zero-order chi connectivity index (χ0) is 22.9. The van der Waals surface area contributed by atoms with Gasteiger partial charge in [-0.15, -0.1) is 0 Å². The van der Waals surface area contributed by atoms with Gasteiger partial charge in [-0.05, 0) is 34.9 Å². The molecule has 9 heteroatoms. The number of hydrogen-bond acceptors (Lipinski definition) is 4. The fourth-order valence-electron chi connectivity index (χ4n) is 3.97. The second-order valence-electron chi connectivity index (χ2n) is 7.42. The summed E-state index contributed by atoms with van der Waals surface area (Å²) < 4.78 is 55.6. The number of piperazine rings is 1. The summed E-state index contributed by atoms with van der Waals surface area (Å²) in [6.45, 7) is 4.24. The topological polar surface area (TPSA) is 49.3 Å². The molecule has 1 aliphatic heterocycles. The molecule has 0 bridgehead atoms. The van der Waals surface area contributed by atoms with E-state index in [9.17, 15) is 22.4 Å². The molecule has 0 atom stereocenters. The molecule has 0 spiro atoms. The fraction of sp³-hybridized carbons (Fsp3) is 0.261. The average molecular weight is 444 g/mol. The van der Waals surface area contributed by atoms with Gasteiger partial charge in [0.25, 0.3) is 0 Å². The molecule has 1 fully saturated rings. The van der Waals surface area contributed by atoms with E-state index in [0.717, 1.165) is 6.07 Å². The van der Waals surface area contributed by atoms with Crippen LogP contribution in [0.3, 0.4) is 0 Å². The van der Waals surface area contributed by atoms with Gasteiger partial charge < -0.3 is 9.80 Å². The highest BCUT2D eigenvalue weighted by molar-refractivity contribution is 5.94. The number of carbonyl (C=O) groups excluding carboxylic acids is 1. The van der Waals surface area contributed by atoms with Crippen molar-refractivity contribution in [3.63, 3.8) is 0 Å². The highest BCUT2D eigenvalue weighted by Crippen LogP contribution is 2.41. The fourth-order valence-corrected chi connectivity index (χ4v) is 3.97. The molecule has 1 aliphatic rings. The molecule has 2 aromatic carbocycles. The molecule has 0 N–H and O–H groups in total. The van der Waals surface area contributed by atoms with Crippen molar-refractivity contribution in [3.05, 3.63) is 66.5 Å². The van der Waals surface area contributed by atoms with Crippen LogP contribution in [0.5, 0.6) is 0 Å². The number of rotatable bonds is 4. The number of benzene rings is 2. The van der Waals surface area contributed by atoms with Gasteiger partial charge in [-0.25, -0.2) is 14.4 Å². The number of carbonyl (C=O) groups is 1. The van der Waals surface area contributed by atoms with Gasteiger partial charge in [0.2, 0.25) is 5.91 Å². The molecule has 0 saturated carbocycles. The zero-order valence-corrected chi connectivity index (χ0v) is 17.1. The lowest BCUT2D eigenvalue weighted by molar-refractivity contribution is -0.137. The van der Waals surface area contributed by atoms with Crippen molar-refractivity contribution in [2.24, 2.45) is 0 Å². The van der Waals surface area contributed by atoms with Crippen LogP contribution < -0.4 is 4.90 Å². The first-order valence-electron chi connectivity index (χ1n) is 10.00. The Balaban J connectivity index is 1.82. The maximum Gasteiger partial charge on any atom is 0.417 e. The van der Waals surface area contributed by atoms with E-state index in [1.807, 2.05) is 4.90 Å². The first-order valence-corrected chi connectivity index (χ1v) is 10.00. The monoisotopic (exact) mass is 444 g/mol. The third-order valence-electron chi connectivity index (χ3n) is 5.58. The molecule has 0 unspecified atom stereocenters. The highest BCUT2D eigenvalue weighted by Gasteiger charge is 2.35. The summed E-state index contributed by atoms with van der Waals surface area (Å²) in [6.07, 6.45) is -2.12. The Kier molecular flexibility index (Phi) is 5.82. The molecule has 5 nitrogen and oxygen atoms in total. The Morgan fingerprint density at radius 3 is 2.44 bits per heavy atom. The van der Waals surface area contributed by atoms with E-state index in [1.165, 1.54) is 30.6 Å². The van der Waals surface area contributed by atoms with Crippen LogP contribution in [0.15, 0.2) is 55.4 Å². The van der Waals surface area contributed by atoms with E-state index in [2.05, 4.69) is 16.5 Å². The smallest absolute Gasteiger partial charge is 0.352 e. The number of alkyl halides is 4. The van der Waals surface area contributed by atoms with Crippen LogP contribution in [0.4, 0.5) is 23.4 Å². The van der Waals surface area contributed by atoms with Crippen molar-refractivity contribution in [1.29, 1.82) is 0 Å². The van der Waals surface area contributed by atoms with Crippen LogP contribution in [0.1, 0.15) is 11.1 Å².